The second kappa shape index (κ2) is 6.13. The molecule has 2 heterocycles. The minimum absolute atomic E-state index is 0.137. The van der Waals surface area contributed by atoms with Crippen molar-refractivity contribution in [1.29, 1.82) is 0 Å². The van der Waals surface area contributed by atoms with Gasteiger partial charge in [0.1, 0.15) is 5.82 Å². The molecule has 3 unspecified atom stereocenters. The fraction of sp³-hybridized carbons (Fsp3) is 0.727. The molecule has 1 saturated heterocycles. The van der Waals surface area contributed by atoms with Crippen LogP contribution in [0.25, 0.3) is 0 Å². The van der Waals surface area contributed by atoms with E-state index in [1.807, 2.05) is 31.2 Å². The van der Waals surface area contributed by atoms with Crippen LogP contribution >= 0.6 is 23.5 Å². The van der Waals surface area contributed by atoms with Gasteiger partial charge in [0.2, 0.25) is 0 Å². The minimum Gasteiger partial charge on any atom is -0.337 e. The van der Waals surface area contributed by atoms with E-state index >= 15 is 0 Å². The van der Waals surface area contributed by atoms with Crippen LogP contribution in [-0.4, -0.2) is 31.6 Å². The number of nitrogens with zero attached hydrogens (tertiary/aromatic N) is 2. The molecular weight excluding hydrogens is 252 g/mol. The number of nitrogens with one attached hydrogen (secondary N) is 1. The standard InChI is InChI=1S/C11H20N4S2/c1-3-8-10(17-7-6-16-8)9(14-12)11-13-4-5-15(11)2/h4-5,8-10,14H,3,6-7,12H2,1-2H3. The molecule has 1 aromatic rings. The third-order valence-electron chi connectivity index (χ3n) is 3.14. The Kier molecular flexibility index (Phi) is 4.78. The van der Waals surface area contributed by atoms with Crippen LogP contribution in [0, 0.1) is 0 Å². The Bertz CT molecular complexity index is 355. The SMILES string of the molecule is CCC1SCCSC1C(NN)c1nccn1C. The highest BCUT2D eigenvalue weighted by Crippen LogP contribution is 2.39. The summed E-state index contributed by atoms with van der Waals surface area (Å²) >= 11 is 4.08. The molecule has 6 heteroatoms. The first-order valence-electron chi connectivity index (χ1n) is 5.94. The van der Waals surface area contributed by atoms with Crippen LogP contribution in [0.5, 0.6) is 0 Å². The quantitative estimate of drug-likeness (QED) is 0.643. The number of aryl methyl sites for hydroxylation is 1. The highest BCUT2D eigenvalue weighted by atomic mass is 32.2. The maximum atomic E-state index is 5.75. The Hall–Kier alpha value is -0.170. The molecule has 1 aliphatic heterocycles. The molecule has 1 aromatic heterocycles. The van der Waals surface area contributed by atoms with Crippen LogP contribution in [0.1, 0.15) is 25.2 Å². The van der Waals surface area contributed by atoms with Gasteiger partial charge in [-0.1, -0.05) is 6.92 Å². The van der Waals surface area contributed by atoms with E-state index in [2.05, 4.69) is 33.7 Å². The molecule has 2 rings (SSSR count). The van der Waals surface area contributed by atoms with Crippen molar-refractivity contribution < 1.29 is 0 Å². The number of rotatable bonds is 4. The van der Waals surface area contributed by atoms with Crippen LogP contribution in [0.2, 0.25) is 0 Å². The second-order valence-corrected chi connectivity index (χ2v) is 6.83. The van der Waals surface area contributed by atoms with E-state index in [1.165, 1.54) is 17.9 Å². The monoisotopic (exact) mass is 272 g/mol. The average molecular weight is 272 g/mol. The molecule has 0 spiro atoms. The van der Waals surface area contributed by atoms with Crippen molar-refractivity contribution in [2.24, 2.45) is 12.9 Å². The van der Waals surface area contributed by atoms with Gasteiger partial charge in [-0.25, -0.2) is 10.4 Å². The molecule has 0 amide bonds. The van der Waals surface area contributed by atoms with Gasteiger partial charge < -0.3 is 4.57 Å². The summed E-state index contributed by atoms with van der Waals surface area (Å²) in [5.41, 5.74) is 2.96. The summed E-state index contributed by atoms with van der Waals surface area (Å²) in [5.74, 6) is 9.24. The first-order chi connectivity index (χ1) is 8.27. The van der Waals surface area contributed by atoms with Crippen molar-refractivity contribution >= 4 is 23.5 Å². The Balaban J connectivity index is 2.19. The van der Waals surface area contributed by atoms with E-state index < -0.39 is 0 Å². The maximum Gasteiger partial charge on any atom is 0.128 e. The predicted molar refractivity (Wildman–Crippen MR) is 76.1 cm³/mol. The fourth-order valence-electron chi connectivity index (χ4n) is 2.24. The fourth-order valence-corrected chi connectivity index (χ4v) is 5.44. The number of hydrogen-bond acceptors (Lipinski definition) is 5. The Morgan fingerprint density at radius 1 is 1.59 bits per heavy atom. The van der Waals surface area contributed by atoms with Gasteiger partial charge in [-0.15, -0.1) is 0 Å². The molecule has 3 N–H and O–H groups in total. The summed E-state index contributed by atoms with van der Waals surface area (Å²) in [6, 6.07) is 0.137. The zero-order chi connectivity index (χ0) is 12.3. The van der Waals surface area contributed by atoms with E-state index in [1.54, 1.807) is 0 Å². The largest absolute Gasteiger partial charge is 0.337 e. The number of nitrogens with two attached hydrogens (primary N) is 1. The minimum atomic E-state index is 0.137. The van der Waals surface area contributed by atoms with Crippen molar-refractivity contribution in [3.05, 3.63) is 18.2 Å². The highest BCUT2D eigenvalue weighted by molar-refractivity contribution is 8.07. The van der Waals surface area contributed by atoms with Crippen LogP contribution in [0.3, 0.4) is 0 Å². The number of aromatic nitrogens is 2. The lowest BCUT2D eigenvalue weighted by Gasteiger charge is -2.35. The average Bonchev–Trinajstić information content (AvgIpc) is 2.78. The molecule has 96 valence electrons. The normalized spacial score (nSPS) is 27.0. The molecule has 0 aromatic carbocycles. The summed E-state index contributed by atoms with van der Waals surface area (Å²) < 4.78 is 2.05. The lowest BCUT2D eigenvalue weighted by atomic mass is 10.1. The smallest absolute Gasteiger partial charge is 0.128 e. The van der Waals surface area contributed by atoms with Crippen LogP contribution < -0.4 is 11.3 Å². The molecule has 0 bridgehead atoms. The lowest BCUT2D eigenvalue weighted by molar-refractivity contribution is 0.478. The number of imidazole rings is 1. The van der Waals surface area contributed by atoms with Crippen LogP contribution in [0.15, 0.2) is 12.4 Å². The van der Waals surface area contributed by atoms with E-state index in [0.717, 1.165) is 5.82 Å². The molecule has 0 aliphatic carbocycles. The summed E-state index contributed by atoms with van der Waals surface area (Å²) in [6.07, 6.45) is 4.99. The summed E-state index contributed by atoms with van der Waals surface area (Å²) in [4.78, 5) is 4.43. The van der Waals surface area contributed by atoms with Crippen LogP contribution in [-0.2, 0) is 7.05 Å². The highest BCUT2D eigenvalue weighted by Gasteiger charge is 2.34. The Labute approximate surface area is 111 Å². The van der Waals surface area contributed by atoms with Crippen molar-refractivity contribution in [3.8, 4) is 0 Å². The number of hydrogen-bond donors (Lipinski definition) is 2. The Morgan fingerprint density at radius 3 is 2.94 bits per heavy atom. The molecule has 0 saturated carbocycles. The predicted octanol–water partition coefficient (Wildman–Crippen LogP) is 1.55. The van der Waals surface area contributed by atoms with Gasteiger partial charge in [0.15, 0.2) is 0 Å². The van der Waals surface area contributed by atoms with Crippen molar-refractivity contribution in [2.45, 2.75) is 29.9 Å². The topological polar surface area (TPSA) is 55.9 Å². The third-order valence-corrected chi connectivity index (χ3v) is 6.49. The number of thioether (sulfide) groups is 2. The maximum absolute atomic E-state index is 5.75. The molecule has 3 atom stereocenters. The van der Waals surface area contributed by atoms with E-state index in [0.29, 0.717) is 10.5 Å². The number of hydrazine groups is 1. The van der Waals surface area contributed by atoms with E-state index in [4.69, 9.17) is 5.84 Å². The van der Waals surface area contributed by atoms with Gasteiger partial charge in [0, 0.05) is 41.4 Å². The van der Waals surface area contributed by atoms with Gasteiger partial charge in [-0.05, 0) is 6.42 Å². The first-order valence-corrected chi connectivity index (χ1v) is 8.04. The molecule has 1 fully saturated rings. The van der Waals surface area contributed by atoms with Gasteiger partial charge in [0.05, 0.1) is 6.04 Å². The lowest BCUT2D eigenvalue weighted by Crippen LogP contribution is -2.42. The molecule has 17 heavy (non-hydrogen) atoms. The van der Waals surface area contributed by atoms with Gasteiger partial charge in [-0.2, -0.15) is 23.5 Å². The van der Waals surface area contributed by atoms with Crippen molar-refractivity contribution in [1.82, 2.24) is 15.0 Å². The molecule has 0 radical (unpaired) electrons. The van der Waals surface area contributed by atoms with Gasteiger partial charge in [0.25, 0.3) is 0 Å². The zero-order valence-electron chi connectivity index (χ0n) is 10.3. The first kappa shape index (κ1) is 13.3. The zero-order valence-corrected chi connectivity index (χ0v) is 11.9. The Morgan fingerprint density at radius 2 is 2.35 bits per heavy atom. The van der Waals surface area contributed by atoms with Crippen LogP contribution in [0.4, 0.5) is 0 Å². The summed E-state index contributed by atoms with van der Waals surface area (Å²) in [6.45, 7) is 2.25. The van der Waals surface area contributed by atoms with E-state index in [-0.39, 0.29) is 6.04 Å². The van der Waals surface area contributed by atoms with Crippen molar-refractivity contribution in [2.75, 3.05) is 11.5 Å². The molecule has 4 nitrogen and oxygen atoms in total. The molecular formula is C11H20N4S2. The second-order valence-electron chi connectivity index (χ2n) is 4.19. The van der Waals surface area contributed by atoms with E-state index in [9.17, 15) is 0 Å². The van der Waals surface area contributed by atoms with Gasteiger partial charge in [-0.3, -0.25) is 5.84 Å². The summed E-state index contributed by atoms with van der Waals surface area (Å²) in [7, 11) is 2.02. The molecule has 1 aliphatic rings. The summed E-state index contributed by atoms with van der Waals surface area (Å²) in [5, 5.41) is 1.16. The third kappa shape index (κ3) is 2.81. The van der Waals surface area contributed by atoms with Gasteiger partial charge >= 0.3 is 0 Å². The van der Waals surface area contributed by atoms with Crippen molar-refractivity contribution in [3.63, 3.8) is 0 Å².